The van der Waals surface area contributed by atoms with Gasteiger partial charge in [0, 0.05) is 10.2 Å². The standard InChI is InChI=1S/C11H14BrN3O2/c1-2-9(10(13)15-17)11(16)14-8-5-3-7(12)4-6-8/h3-6,9,17H,2H2,1H3,(H2,13,15)(H,14,16). The van der Waals surface area contributed by atoms with Crippen molar-refractivity contribution >= 4 is 33.4 Å². The average molecular weight is 300 g/mol. The van der Waals surface area contributed by atoms with Crippen LogP contribution in [0.3, 0.4) is 0 Å². The molecule has 1 atom stereocenters. The maximum Gasteiger partial charge on any atom is 0.235 e. The van der Waals surface area contributed by atoms with Gasteiger partial charge < -0.3 is 16.3 Å². The van der Waals surface area contributed by atoms with Gasteiger partial charge in [0.25, 0.3) is 0 Å². The highest BCUT2D eigenvalue weighted by molar-refractivity contribution is 9.10. The molecule has 0 radical (unpaired) electrons. The number of amides is 1. The van der Waals surface area contributed by atoms with Crippen LogP contribution in [0.4, 0.5) is 5.69 Å². The van der Waals surface area contributed by atoms with E-state index in [9.17, 15) is 4.79 Å². The van der Waals surface area contributed by atoms with Crippen LogP contribution in [0.15, 0.2) is 33.9 Å². The van der Waals surface area contributed by atoms with E-state index in [1.807, 2.05) is 12.1 Å². The van der Waals surface area contributed by atoms with Gasteiger partial charge in [0.15, 0.2) is 5.84 Å². The molecular formula is C11H14BrN3O2. The van der Waals surface area contributed by atoms with E-state index >= 15 is 0 Å². The molecule has 0 spiro atoms. The van der Waals surface area contributed by atoms with Crippen LogP contribution in [0.1, 0.15) is 13.3 Å². The Hall–Kier alpha value is -1.56. The van der Waals surface area contributed by atoms with Gasteiger partial charge in [0.1, 0.15) is 0 Å². The molecular weight excluding hydrogens is 286 g/mol. The van der Waals surface area contributed by atoms with Crippen LogP contribution < -0.4 is 11.1 Å². The monoisotopic (exact) mass is 299 g/mol. The number of anilines is 1. The number of halogens is 1. The normalized spacial score (nSPS) is 13.2. The lowest BCUT2D eigenvalue weighted by Crippen LogP contribution is -2.34. The van der Waals surface area contributed by atoms with Crippen molar-refractivity contribution in [3.8, 4) is 0 Å². The van der Waals surface area contributed by atoms with Crippen molar-refractivity contribution in [2.75, 3.05) is 5.32 Å². The number of benzene rings is 1. The Bertz CT molecular complexity index is 417. The molecule has 1 amide bonds. The predicted molar refractivity (Wildman–Crippen MR) is 70.0 cm³/mol. The summed E-state index contributed by atoms with van der Waals surface area (Å²) in [5.74, 6) is -0.990. The number of carbonyl (C=O) groups excluding carboxylic acids is 1. The molecule has 4 N–H and O–H groups in total. The van der Waals surface area contributed by atoms with E-state index in [0.29, 0.717) is 12.1 Å². The fraction of sp³-hybridized carbons (Fsp3) is 0.273. The molecule has 1 unspecified atom stereocenters. The lowest BCUT2D eigenvalue weighted by atomic mass is 10.0. The third-order valence-corrected chi connectivity index (χ3v) is 2.84. The molecule has 0 saturated carbocycles. The van der Waals surface area contributed by atoms with Crippen molar-refractivity contribution in [1.82, 2.24) is 0 Å². The zero-order valence-corrected chi connectivity index (χ0v) is 10.9. The summed E-state index contributed by atoms with van der Waals surface area (Å²) in [6.07, 6.45) is 0.470. The summed E-state index contributed by atoms with van der Waals surface area (Å²) in [4.78, 5) is 11.8. The van der Waals surface area contributed by atoms with Crippen LogP contribution in [0.5, 0.6) is 0 Å². The van der Waals surface area contributed by atoms with Crippen molar-refractivity contribution < 1.29 is 10.0 Å². The Morgan fingerprint density at radius 1 is 1.53 bits per heavy atom. The third kappa shape index (κ3) is 3.74. The Morgan fingerprint density at radius 2 is 2.12 bits per heavy atom. The fourth-order valence-corrected chi connectivity index (χ4v) is 1.63. The Kier molecular flexibility index (Phi) is 4.96. The second kappa shape index (κ2) is 6.24. The number of amidine groups is 1. The van der Waals surface area contributed by atoms with Gasteiger partial charge in [-0.05, 0) is 30.7 Å². The van der Waals surface area contributed by atoms with Crippen LogP contribution in [0.25, 0.3) is 0 Å². The highest BCUT2D eigenvalue weighted by atomic mass is 79.9. The predicted octanol–water partition coefficient (Wildman–Crippen LogP) is 2.16. The molecule has 0 aliphatic carbocycles. The van der Waals surface area contributed by atoms with E-state index in [4.69, 9.17) is 10.9 Å². The molecule has 0 aromatic heterocycles. The molecule has 0 fully saturated rings. The van der Waals surface area contributed by atoms with Gasteiger partial charge in [0.2, 0.25) is 5.91 Å². The van der Waals surface area contributed by atoms with Gasteiger partial charge in [0.05, 0.1) is 5.92 Å². The van der Waals surface area contributed by atoms with Crippen LogP contribution in [-0.2, 0) is 4.79 Å². The van der Waals surface area contributed by atoms with Gasteiger partial charge in [-0.15, -0.1) is 0 Å². The van der Waals surface area contributed by atoms with Crippen molar-refractivity contribution in [1.29, 1.82) is 0 Å². The number of nitrogens with two attached hydrogens (primary N) is 1. The van der Waals surface area contributed by atoms with Crippen LogP contribution in [0.2, 0.25) is 0 Å². The summed E-state index contributed by atoms with van der Waals surface area (Å²) >= 11 is 3.30. The lowest BCUT2D eigenvalue weighted by Gasteiger charge is -2.13. The Morgan fingerprint density at radius 3 is 2.59 bits per heavy atom. The van der Waals surface area contributed by atoms with Gasteiger partial charge in [-0.2, -0.15) is 0 Å². The summed E-state index contributed by atoms with van der Waals surface area (Å²) in [6, 6.07) is 7.17. The minimum absolute atomic E-state index is 0.0814. The first kappa shape index (κ1) is 13.5. The van der Waals surface area contributed by atoms with Crippen molar-refractivity contribution in [2.24, 2.45) is 16.8 Å². The zero-order valence-electron chi connectivity index (χ0n) is 9.35. The average Bonchev–Trinajstić information content (AvgIpc) is 2.32. The summed E-state index contributed by atoms with van der Waals surface area (Å²) < 4.78 is 0.930. The number of nitrogens with zero attached hydrogens (tertiary/aromatic N) is 1. The Labute approximate surface area is 108 Å². The molecule has 1 aromatic rings. The van der Waals surface area contributed by atoms with Gasteiger partial charge >= 0.3 is 0 Å². The smallest absolute Gasteiger partial charge is 0.235 e. The first-order valence-electron chi connectivity index (χ1n) is 5.12. The molecule has 1 rings (SSSR count). The summed E-state index contributed by atoms with van der Waals surface area (Å²) in [5, 5.41) is 14.1. The van der Waals surface area contributed by atoms with Gasteiger partial charge in [-0.3, -0.25) is 4.79 Å². The maximum absolute atomic E-state index is 11.8. The van der Waals surface area contributed by atoms with E-state index in [-0.39, 0.29) is 11.7 Å². The topological polar surface area (TPSA) is 87.7 Å². The largest absolute Gasteiger partial charge is 0.409 e. The second-order valence-electron chi connectivity index (χ2n) is 3.48. The molecule has 0 heterocycles. The first-order valence-corrected chi connectivity index (χ1v) is 5.91. The number of hydrogen-bond acceptors (Lipinski definition) is 3. The third-order valence-electron chi connectivity index (χ3n) is 2.31. The number of rotatable bonds is 4. The van der Waals surface area contributed by atoms with Crippen molar-refractivity contribution in [3.63, 3.8) is 0 Å². The minimum Gasteiger partial charge on any atom is -0.409 e. The van der Waals surface area contributed by atoms with Gasteiger partial charge in [-0.1, -0.05) is 28.0 Å². The van der Waals surface area contributed by atoms with Crippen molar-refractivity contribution in [2.45, 2.75) is 13.3 Å². The van der Waals surface area contributed by atoms with Crippen LogP contribution >= 0.6 is 15.9 Å². The molecule has 6 heteroatoms. The van der Waals surface area contributed by atoms with Crippen molar-refractivity contribution in [3.05, 3.63) is 28.7 Å². The van der Waals surface area contributed by atoms with E-state index in [0.717, 1.165) is 4.47 Å². The molecule has 92 valence electrons. The summed E-state index contributed by atoms with van der Waals surface area (Å²) in [7, 11) is 0. The molecule has 5 nitrogen and oxygen atoms in total. The SMILES string of the molecule is CCC(C(=O)Nc1ccc(Br)cc1)/C(N)=N/O. The molecule has 17 heavy (non-hydrogen) atoms. The highest BCUT2D eigenvalue weighted by Gasteiger charge is 2.21. The molecule has 1 aromatic carbocycles. The molecule has 0 aliphatic rings. The van der Waals surface area contributed by atoms with Gasteiger partial charge in [-0.25, -0.2) is 0 Å². The van der Waals surface area contributed by atoms with E-state index in [1.165, 1.54) is 0 Å². The number of carbonyl (C=O) groups is 1. The van der Waals surface area contributed by atoms with Crippen LogP contribution in [-0.4, -0.2) is 17.0 Å². The number of nitrogens with one attached hydrogen (secondary N) is 1. The highest BCUT2D eigenvalue weighted by Crippen LogP contribution is 2.15. The summed E-state index contributed by atoms with van der Waals surface area (Å²) in [5.41, 5.74) is 6.11. The van der Waals surface area contributed by atoms with E-state index in [2.05, 4.69) is 26.4 Å². The number of hydrogen-bond donors (Lipinski definition) is 3. The first-order chi connectivity index (χ1) is 8.08. The quantitative estimate of drug-likeness (QED) is 0.344. The number of oxime groups is 1. The molecule has 0 bridgehead atoms. The fourth-order valence-electron chi connectivity index (χ4n) is 1.36. The lowest BCUT2D eigenvalue weighted by molar-refractivity contribution is -0.118. The van der Waals surface area contributed by atoms with E-state index < -0.39 is 5.92 Å². The minimum atomic E-state index is -0.622. The molecule has 0 saturated heterocycles. The summed E-state index contributed by atoms with van der Waals surface area (Å²) in [6.45, 7) is 1.80. The second-order valence-corrected chi connectivity index (χ2v) is 4.40. The zero-order chi connectivity index (χ0) is 12.8. The maximum atomic E-state index is 11.8. The molecule has 0 aliphatic heterocycles. The van der Waals surface area contributed by atoms with E-state index in [1.54, 1.807) is 19.1 Å². The van der Waals surface area contributed by atoms with Crippen LogP contribution in [0, 0.1) is 5.92 Å². The Balaban J connectivity index is 2.74.